The summed E-state index contributed by atoms with van der Waals surface area (Å²) in [6.45, 7) is 0.608. The van der Waals surface area contributed by atoms with Gasteiger partial charge in [0, 0.05) is 64.5 Å². The lowest BCUT2D eigenvalue weighted by Crippen LogP contribution is -2.20. The molecule has 6 aromatic rings. The average molecular weight is 588 g/mol. The van der Waals surface area contributed by atoms with E-state index in [9.17, 15) is 19.8 Å². The topological polar surface area (TPSA) is 125 Å². The van der Waals surface area contributed by atoms with Gasteiger partial charge in [0.1, 0.15) is 5.75 Å². The Morgan fingerprint density at radius 1 is 1.00 bits per heavy atom. The Morgan fingerprint density at radius 2 is 1.86 bits per heavy atom. The second-order valence-electron chi connectivity index (χ2n) is 11.7. The highest BCUT2D eigenvalue weighted by atomic mass is 16.4. The smallest absolute Gasteiger partial charge is 0.303 e. The molecule has 3 aromatic heterocycles. The third kappa shape index (κ3) is 5.10. The van der Waals surface area contributed by atoms with Gasteiger partial charge in [0.15, 0.2) is 0 Å². The van der Waals surface area contributed by atoms with Gasteiger partial charge in [-0.05, 0) is 72.7 Å². The number of carboxylic acids is 1. The second kappa shape index (κ2) is 11.1. The number of hydrogen-bond donors (Lipinski definition) is 4. The lowest BCUT2D eigenvalue weighted by molar-refractivity contribution is -0.136. The van der Waals surface area contributed by atoms with Crippen LogP contribution in [0.5, 0.6) is 5.75 Å². The average Bonchev–Trinajstić information content (AvgIpc) is 3.75. The summed E-state index contributed by atoms with van der Waals surface area (Å²) in [6, 6.07) is 19.2. The van der Waals surface area contributed by atoms with E-state index < -0.39 is 5.97 Å². The van der Waals surface area contributed by atoms with E-state index in [4.69, 9.17) is 0 Å². The first kappa shape index (κ1) is 27.5. The van der Waals surface area contributed by atoms with E-state index in [2.05, 4.69) is 50.3 Å². The van der Waals surface area contributed by atoms with Crippen LogP contribution in [-0.2, 0) is 37.6 Å². The van der Waals surface area contributed by atoms with Crippen LogP contribution in [0, 0.1) is 0 Å². The normalized spacial score (nSPS) is 14.4. The van der Waals surface area contributed by atoms with E-state index >= 15 is 0 Å². The van der Waals surface area contributed by atoms with Crippen LogP contribution in [0.1, 0.15) is 62.9 Å². The number of aromatic amines is 1. The number of nitrogens with one attached hydrogen (secondary N) is 2. The maximum absolute atomic E-state index is 12.8. The van der Waals surface area contributed by atoms with Crippen LogP contribution < -0.4 is 5.32 Å². The molecule has 1 unspecified atom stereocenters. The number of aromatic nitrogens is 4. The summed E-state index contributed by atoms with van der Waals surface area (Å²) in [5.74, 6) is -0.798. The van der Waals surface area contributed by atoms with Crippen molar-refractivity contribution in [2.45, 2.75) is 44.7 Å². The minimum absolute atomic E-state index is 0.0861. The zero-order valence-corrected chi connectivity index (χ0v) is 24.4. The van der Waals surface area contributed by atoms with E-state index in [1.54, 1.807) is 24.5 Å². The van der Waals surface area contributed by atoms with E-state index in [1.165, 1.54) is 5.56 Å². The standard InChI is InChI=1S/C35H33N5O4/c1-39-18-23(36-20-39)19-40-17-22(10-14-32(42)43)25-12-9-21(15-31(25)40)5-4-8-30-33(27-6-2-3-7-29(27)37-30)34-28-16-24(41)11-13-26(28)35(44)38-34/h2-3,6-7,9,11-13,15-18,20,34,37,41H,4-5,8,10,14,19H2,1H3,(H,38,44)(H,42,43). The highest BCUT2D eigenvalue weighted by Crippen LogP contribution is 2.39. The van der Waals surface area contributed by atoms with E-state index in [0.29, 0.717) is 18.5 Å². The number of carbonyl (C=O) groups is 2. The number of aliphatic carboxylic acids is 1. The molecule has 9 nitrogen and oxygen atoms in total. The van der Waals surface area contributed by atoms with Crippen LogP contribution in [-0.4, -0.2) is 41.2 Å². The summed E-state index contributed by atoms with van der Waals surface area (Å²) < 4.78 is 4.10. The van der Waals surface area contributed by atoms with Crippen LogP contribution in [0.25, 0.3) is 21.8 Å². The van der Waals surface area contributed by atoms with Gasteiger partial charge in [0.2, 0.25) is 0 Å². The van der Waals surface area contributed by atoms with Gasteiger partial charge in [-0.1, -0.05) is 30.3 Å². The number of phenols is 1. The van der Waals surface area contributed by atoms with Crippen LogP contribution in [0.15, 0.2) is 79.4 Å². The summed E-state index contributed by atoms with van der Waals surface area (Å²) in [5.41, 5.74) is 8.76. The third-order valence-corrected chi connectivity index (χ3v) is 8.60. The Bertz CT molecular complexity index is 2050. The monoisotopic (exact) mass is 587 g/mol. The van der Waals surface area contributed by atoms with Crippen LogP contribution in [0.4, 0.5) is 0 Å². The molecule has 0 aliphatic carbocycles. The summed E-state index contributed by atoms with van der Waals surface area (Å²) >= 11 is 0. The van der Waals surface area contributed by atoms with Crippen molar-refractivity contribution < 1.29 is 19.8 Å². The molecule has 9 heteroatoms. The molecule has 0 saturated heterocycles. The van der Waals surface area contributed by atoms with Gasteiger partial charge in [0.05, 0.1) is 24.6 Å². The molecule has 0 radical (unpaired) electrons. The highest BCUT2D eigenvalue weighted by Gasteiger charge is 2.33. The van der Waals surface area contributed by atoms with E-state index in [0.717, 1.165) is 69.1 Å². The number of rotatable bonds is 10. The number of carbonyl (C=O) groups excluding carboxylic acids is 1. The van der Waals surface area contributed by atoms with E-state index in [1.807, 2.05) is 36.0 Å². The molecule has 4 heterocycles. The number of nitrogens with zero attached hydrogens (tertiary/aromatic N) is 3. The van der Waals surface area contributed by atoms with Crippen LogP contribution in [0.3, 0.4) is 0 Å². The second-order valence-corrected chi connectivity index (χ2v) is 11.7. The molecule has 4 N–H and O–H groups in total. The SMILES string of the molecule is Cn1cnc(Cn2cc(CCC(=O)O)c3ccc(CCCc4[nH]c5ccccc5c4C4NC(=O)c5ccc(O)cc54)cc32)c1. The fourth-order valence-electron chi connectivity index (χ4n) is 6.59. The molecule has 44 heavy (non-hydrogen) atoms. The van der Waals surface area contributed by atoms with Crippen molar-refractivity contribution in [1.29, 1.82) is 0 Å². The zero-order chi connectivity index (χ0) is 30.4. The summed E-state index contributed by atoms with van der Waals surface area (Å²) in [6.07, 6.45) is 8.91. The van der Waals surface area contributed by atoms with Crippen molar-refractivity contribution in [3.05, 3.63) is 119 Å². The van der Waals surface area contributed by atoms with Gasteiger partial charge >= 0.3 is 5.97 Å². The number of H-pyrrole nitrogens is 1. The lowest BCUT2D eigenvalue weighted by atomic mass is 9.94. The van der Waals surface area contributed by atoms with Crippen molar-refractivity contribution in [3.63, 3.8) is 0 Å². The van der Waals surface area contributed by atoms with Gasteiger partial charge in [0.25, 0.3) is 5.91 Å². The molecule has 1 aliphatic heterocycles. The number of aromatic hydroxyl groups is 1. The first-order valence-electron chi connectivity index (χ1n) is 14.9. The molecule has 0 fully saturated rings. The number of aryl methyl sites for hydroxylation is 4. The molecule has 1 aliphatic rings. The van der Waals surface area contributed by atoms with Gasteiger partial charge in [-0.2, -0.15) is 0 Å². The van der Waals surface area contributed by atoms with Crippen molar-refractivity contribution in [3.8, 4) is 5.75 Å². The number of amides is 1. The minimum atomic E-state index is -0.805. The lowest BCUT2D eigenvalue weighted by Gasteiger charge is -2.15. The van der Waals surface area contributed by atoms with Crippen molar-refractivity contribution in [2.24, 2.45) is 7.05 Å². The molecule has 7 rings (SSSR count). The molecule has 3 aromatic carbocycles. The number of benzene rings is 3. The predicted octanol–water partition coefficient (Wildman–Crippen LogP) is 5.64. The number of phenolic OH excluding ortho intramolecular Hbond substituents is 1. The first-order valence-corrected chi connectivity index (χ1v) is 14.9. The number of para-hydroxylation sites is 1. The zero-order valence-electron chi connectivity index (χ0n) is 24.4. The molecule has 1 atom stereocenters. The minimum Gasteiger partial charge on any atom is -0.508 e. The number of hydrogen-bond acceptors (Lipinski definition) is 4. The quantitative estimate of drug-likeness (QED) is 0.165. The Balaban J connectivity index is 1.17. The van der Waals surface area contributed by atoms with Gasteiger partial charge in [-0.15, -0.1) is 0 Å². The molecular formula is C35H33N5O4. The Labute approximate surface area is 253 Å². The number of imidazole rings is 1. The Kier molecular flexibility index (Phi) is 6.93. The van der Waals surface area contributed by atoms with Gasteiger partial charge < -0.3 is 29.6 Å². The highest BCUT2D eigenvalue weighted by molar-refractivity contribution is 6.01. The molecule has 1 amide bonds. The fourth-order valence-corrected chi connectivity index (χ4v) is 6.59. The molecule has 222 valence electrons. The van der Waals surface area contributed by atoms with Crippen LogP contribution >= 0.6 is 0 Å². The Morgan fingerprint density at radius 3 is 2.68 bits per heavy atom. The summed E-state index contributed by atoms with van der Waals surface area (Å²) in [7, 11) is 1.95. The van der Waals surface area contributed by atoms with Crippen molar-refractivity contribution >= 4 is 33.7 Å². The number of fused-ring (bicyclic) bond motifs is 3. The fraction of sp³-hybridized carbons (Fsp3) is 0.229. The summed E-state index contributed by atoms with van der Waals surface area (Å²) in [5, 5.41) is 24.8. The number of carboxylic acid groups (broad SMARTS) is 1. The maximum atomic E-state index is 12.8. The largest absolute Gasteiger partial charge is 0.508 e. The van der Waals surface area contributed by atoms with Crippen LogP contribution in [0.2, 0.25) is 0 Å². The summed E-state index contributed by atoms with van der Waals surface area (Å²) in [4.78, 5) is 32.2. The Hall–Kier alpha value is -5.31. The molecule has 0 bridgehead atoms. The van der Waals surface area contributed by atoms with Gasteiger partial charge in [-0.3, -0.25) is 9.59 Å². The van der Waals surface area contributed by atoms with E-state index in [-0.39, 0.29) is 24.1 Å². The molecule has 0 saturated carbocycles. The molecule has 0 spiro atoms. The predicted molar refractivity (Wildman–Crippen MR) is 168 cm³/mol. The third-order valence-electron chi connectivity index (χ3n) is 8.60. The first-order chi connectivity index (χ1) is 21.3. The van der Waals surface area contributed by atoms with Crippen molar-refractivity contribution in [2.75, 3.05) is 0 Å². The van der Waals surface area contributed by atoms with Gasteiger partial charge in [-0.25, -0.2) is 4.98 Å². The molecular weight excluding hydrogens is 554 g/mol. The maximum Gasteiger partial charge on any atom is 0.303 e. The van der Waals surface area contributed by atoms with Crippen molar-refractivity contribution in [1.82, 2.24) is 24.4 Å².